The molecule has 3 rings (SSSR count). The molecule has 0 radical (unpaired) electrons. The number of carbonyl (C=O) groups excluding carboxylic acids is 1. The third-order valence-corrected chi connectivity index (χ3v) is 3.95. The van der Waals surface area contributed by atoms with Gasteiger partial charge in [0, 0.05) is 25.6 Å². The number of benzene rings is 1. The van der Waals surface area contributed by atoms with Crippen LogP contribution in [0.5, 0.6) is 0 Å². The average molecular weight is 343 g/mol. The SMILES string of the molecule is CC(=O)N1CCC(c2nc(-c3cc(F)ccc3C(F)(F)F)no2)C1. The van der Waals surface area contributed by atoms with Crippen LogP contribution >= 0.6 is 0 Å². The molecule has 1 unspecified atom stereocenters. The number of halogens is 4. The Kier molecular flexibility index (Phi) is 4.02. The van der Waals surface area contributed by atoms with E-state index in [9.17, 15) is 22.4 Å². The third kappa shape index (κ3) is 3.10. The molecule has 1 atom stereocenters. The lowest BCUT2D eigenvalue weighted by atomic mass is 10.1. The van der Waals surface area contributed by atoms with Crippen LogP contribution in [0.3, 0.4) is 0 Å². The Morgan fingerprint density at radius 3 is 2.75 bits per heavy atom. The fourth-order valence-electron chi connectivity index (χ4n) is 2.71. The maximum atomic E-state index is 13.4. The molecular formula is C15H13F4N3O2. The smallest absolute Gasteiger partial charge is 0.342 e. The molecule has 5 nitrogen and oxygen atoms in total. The lowest BCUT2D eigenvalue weighted by molar-refractivity contribution is -0.137. The van der Waals surface area contributed by atoms with Gasteiger partial charge in [-0.1, -0.05) is 5.16 Å². The van der Waals surface area contributed by atoms with Gasteiger partial charge < -0.3 is 9.42 Å². The first kappa shape index (κ1) is 16.4. The van der Waals surface area contributed by atoms with E-state index in [0.29, 0.717) is 25.6 Å². The first-order valence-corrected chi connectivity index (χ1v) is 7.22. The zero-order chi connectivity index (χ0) is 17.5. The van der Waals surface area contributed by atoms with E-state index < -0.39 is 23.1 Å². The summed E-state index contributed by atoms with van der Waals surface area (Å²) in [6, 6.07) is 2.11. The maximum Gasteiger partial charge on any atom is 0.417 e. The highest BCUT2D eigenvalue weighted by Crippen LogP contribution is 2.37. The largest absolute Gasteiger partial charge is 0.417 e. The molecule has 0 spiro atoms. The molecule has 0 bridgehead atoms. The number of hydrogen-bond donors (Lipinski definition) is 0. The standard InChI is InChI=1S/C15H13F4N3O2/c1-8(23)22-5-4-9(7-22)14-20-13(21-24-14)11-6-10(16)2-3-12(11)15(17,18)19/h2-3,6,9H,4-5,7H2,1H3. The first-order chi connectivity index (χ1) is 11.3. The second-order valence-electron chi connectivity index (χ2n) is 5.59. The van der Waals surface area contributed by atoms with Crippen molar-refractivity contribution in [2.75, 3.05) is 13.1 Å². The molecule has 0 N–H and O–H groups in total. The number of carbonyl (C=O) groups is 1. The van der Waals surface area contributed by atoms with E-state index in [4.69, 9.17) is 4.52 Å². The minimum Gasteiger partial charge on any atom is -0.342 e. The zero-order valence-electron chi connectivity index (χ0n) is 12.6. The van der Waals surface area contributed by atoms with Crippen molar-refractivity contribution in [1.29, 1.82) is 0 Å². The second-order valence-corrected chi connectivity index (χ2v) is 5.59. The fraction of sp³-hybridized carbons (Fsp3) is 0.400. The molecule has 128 valence electrons. The molecule has 1 fully saturated rings. The second kappa shape index (κ2) is 5.88. The molecule has 9 heteroatoms. The Morgan fingerprint density at radius 2 is 2.12 bits per heavy atom. The van der Waals surface area contributed by atoms with Crippen LogP contribution < -0.4 is 0 Å². The number of alkyl halides is 3. The molecule has 1 saturated heterocycles. The number of hydrogen-bond acceptors (Lipinski definition) is 4. The minimum atomic E-state index is -4.66. The summed E-state index contributed by atoms with van der Waals surface area (Å²) in [5.74, 6) is -1.34. The van der Waals surface area contributed by atoms with Crippen LogP contribution in [0, 0.1) is 5.82 Å². The van der Waals surface area contributed by atoms with Crippen molar-refractivity contribution >= 4 is 5.91 Å². The van der Waals surface area contributed by atoms with Gasteiger partial charge in [0.05, 0.1) is 11.5 Å². The van der Waals surface area contributed by atoms with Crippen LogP contribution in [0.4, 0.5) is 17.6 Å². The highest BCUT2D eigenvalue weighted by atomic mass is 19.4. The Bertz CT molecular complexity index is 772. The van der Waals surface area contributed by atoms with E-state index in [2.05, 4.69) is 10.1 Å². The van der Waals surface area contributed by atoms with E-state index >= 15 is 0 Å². The summed E-state index contributed by atoms with van der Waals surface area (Å²) in [4.78, 5) is 16.9. The van der Waals surface area contributed by atoms with E-state index in [-0.39, 0.29) is 23.5 Å². The average Bonchev–Trinajstić information content (AvgIpc) is 3.15. The normalized spacial score (nSPS) is 18.2. The third-order valence-electron chi connectivity index (χ3n) is 3.95. The number of rotatable bonds is 2. The van der Waals surface area contributed by atoms with E-state index in [0.717, 1.165) is 12.1 Å². The molecule has 0 aliphatic carbocycles. The summed E-state index contributed by atoms with van der Waals surface area (Å²) < 4.78 is 57.6. The Balaban J connectivity index is 1.92. The highest BCUT2D eigenvalue weighted by molar-refractivity contribution is 5.73. The topological polar surface area (TPSA) is 59.2 Å². The van der Waals surface area contributed by atoms with Crippen LogP contribution in [0.1, 0.15) is 30.7 Å². The number of likely N-dealkylation sites (tertiary alicyclic amines) is 1. The molecule has 2 aromatic rings. The molecular weight excluding hydrogens is 330 g/mol. The molecule has 0 saturated carbocycles. The van der Waals surface area contributed by atoms with Crippen LogP contribution in [-0.4, -0.2) is 34.0 Å². The minimum absolute atomic E-state index is 0.0956. The Morgan fingerprint density at radius 1 is 1.38 bits per heavy atom. The van der Waals surface area contributed by atoms with Crippen molar-refractivity contribution in [2.45, 2.75) is 25.4 Å². The maximum absolute atomic E-state index is 13.4. The Hall–Kier alpha value is -2.45. The predicted octanol–water partition coefficient (Wildman–Crippen LogP) is 3.23. The lowest BCUT2D eigenvalue weighted by Crippen LogP contribution is -2.25. The van der Waals surface area contributed by atoms with Crippen molar-refractivity contribution in [3.05, 3.63) is 35.5 Å². The van der Waals surface area contributed by atoms with Crippen LogP contribution in [0.2, 0.25) is 0 Å². The van der Waals surface area contributed by atoms with Gasteiger partial charge in [-0.3, -0.25) is 4.79 Å². The quantitative estimate of drug-likeness (QED) is 0.786. The molecule has 1 aromatic carbocycles. The summed E-state index contributed by atoms with van der Waals surface area (Å²) in [5, 5.41) is 3.56. The van der Waals surface area contributed by atoms with Crippen molar-refractivity contribution in [3.8, 4) is 11.4 Å². The van der Waals surface area contributed by atoms with Crippen LogP contribution in [0.15, 0.2) is 22.7 Å². The molecule has 1 aromatic heterocycles. The van der Waals surface area contributed by atoms with Gasteiger partial charge in [-0.25, -0.2) is 4.39 Å². The van der Waals surface area contributed by atoms with Crippen molar-refractivity contribution in [2.24, 2.45) is 0 Å². The van der Waals surface area contributed by atoms with Gasteiger partial charge in [-0.2, -0.15) is 18.2 Å². The van der Waals surface area contributed by atoms with Gasteiger partial charge in [0.2, 0.25) is 17.6 Å². The van der Waals surface area contributed by atoms with Crippen LogP contribution in [0.25, 0.3) is 11.4 Å². The number of aromatic nitrogens is 2. The van der Waals surface area contributed by atoms with Crippen LogP contribution in [-0.2, 0) is 11.0 Å². The first-order valence-electron chi connectivity index (χ1n) is 7.22. The molecule has 1 aliphatic rings. The Labute approximate surface area is 134 Å². The van der Waals surface area contributed by atoms with Gasteiger partial charge in [-0.05, 0) is 24.6 Å². The van der Waals surface area contributed by atoms with Gasteiger partial charge in [0.1, 0.15) is 5.82 Å². The van der Waals surface area contributed by atoms with Crippen molar-refractivity contribution in [1.82, 2.24) is 15.0 Å². The molecule has 1 amide bonds. The van der Waals surface area contributed by atoms with E-state index in [1.165, 1.54) is 6.92 Å². The van der Waals surface area contributed by atoms with Gasteiger partial charge >= 0.3 is 6.18 Å². The molecule has 24 heavy (non-hydrogen) atoms. The lowest BCUT2D eigenvalue weighted by Gasteiger charge is -2.11. The van der Waals surface area contributed by atoms with Crippen molar-refractivity contribution in [3.63, 3.8) is 0 Å². The summed E-state index contributed by atoms with van der Waals surface area (Å²) >= 11 is 0. The molecule has 2 heterocycles. The number of amides is 1. The van der Waals surface area contributed by atoms with E-state index in [1.54, 1.807) is 4.90 Å². The van der Waals surface area contributed by atoms with E-state index in [1.807, 2.05) is 0 Å². The fourth-order valence-corrected chi connectivity index (χ4v) is 2.71. The number of nitrogens with zero attached hydrogens (tertiary/aromatic N) is 3. The predicted molar refractivity (Wildman–Crippen MR) is 74.3 cm³/mol. The van der Waals surface area contributed by atoms with Gasteiger partial charge in [-0.15, -0.1) is 0 Å². The zero-order valence-corrected chi connectivity index (χ0v) is 12.6. The summed E-state index contributed by atoms with van der Waals surface area (Å²) in [6.45, 7) is 2.32. The highest BCUT2D eigenvalue weighted by Gasteiger charge is 2.36. The van der Waals surface area contributed by atoms with Crippen molar-refractivity contribution < 1.29 is 26.9 Å². The summed E-state index contributed by atoms with van der Waals surface area (Å²) in [5.41, 5.74) is -1.51. The monoisotopic (exact) mass is 343 g/mol. The summed E-state index contributed by atoms with van der Waals surface area (Å²) in [6.07, 6.45) is -4.08. The van der Waals surface area contributed by atoms with Gasteiger partial charge in [0.15, 0.2) is 0 Å². The molecule has 1 aliphatic heterocycles. The van der Waals surface area contributed by atoms with Gasteiger partial charge in [0.25, 0.3) is 0 Å². The summed E-state index contributed by atoms with van der Waals surface area (Å²) in [7, 11) is 0.